The first-order valence-corrected chi connectivity index (χ1v) is 9.91. The Morgan fingerprint density at radius 3 is 2.07 bits per heavy atom. The molecule has 1 saturated heterocycles. The van der Waals surface area contributed by atoms with Crippen LogP contribution < -0.4 is 0 Å². The number of carbonyl (C=O) groups is 3. The van der Waals surface area contributed by atoms with Crippen molar-refractivity contribution in [1.29, 1.82) is 0 Å². The molecule has 1 aliphatic heterocycles. The Morgan fingerprint density at radius 2 is 1.52 bits per heavy atom. The number of likely N-dealkylation sites (tertiary alicyclic amines) is 1. The maximum absolute atomic E-state index is 13.4. The third-order valence-corrected chi connectivity index (χ3v) is 5.76. The molecular weight excluding hydrogens is 368 g/mol. The van der Waals surface area contributed by atoms with Crippen molar-refractivity contribution in [2.45, 2.75) is 25.3 Å². The molecule has 3 rings (SSSR count). The highest BCUT2D eigenvalue weighted by molar-refractivity contribution is 6.30. The fourth-order valence-electron chi connectivity index (χ4n) is 4.01. The van der Waals surface area contributed by atoms with Crippen LogP contribution in [0.2, 0.25) is 0 Å². The van der Waals surface area contributed by atoms with Crippen LogP contribution in [0.4, 0.5) is 0 Å². The van der Waals surface area contributed by atoms with Gasteiger partial charge in [0, 0.05) is 5.56 Å². The molecule has 2 amide bonds. The van der Waals surface area contributed by atoms with Crippen LogP contribution in [0.3, 0.4) is 0 Å². The van der Waals surface area contributed by atoms with Gasteiger partial charge in [-0.3, -0.25) is 4.90 Å². The summed E-state index contributed by atoms with van der Waals surface area (Å²) in [6.07, 6.45) is 2.13. The van der Waals surface area contributed by atoms with Gasteiger partial charge in [0.15, 0.2) is 0 Å². The van der Waals surface area contributed by atoms with Gasteiger partial charge >= 0.3 is 17.8 Å². The van der Waals surface area contributed by atoms with E-state index in [4.69, 9.17) is 0 Å². The minimum atomic E-state index is -1.59. The molecule has 0 aliphatic carbocycles. The number of quaternary nitrogens is 1. The smallest absolute Gasteiger partial charge is 0.435 e. The SMILES string of the molecule is C[N+](C(=O)Cc1ccccc1)(C(=O)C(=O)O)[C@H](CN1CCCC1)c1ccccc1. The highest BCUT2D eigenvalue weighted by Crippen LogP contribution is 2.31. The molecule has 2 aromatic carbocycles. The molecule has 1 heterocycles. The number of carboxylic acid groups (broad SMARTS) is 1. The average molecular weight is 395 g/mol. The van der Waals surface area contributed by atoms with Gasteiger partial charge in [-0.2, -0.15) is 4.48 Å². The first kappa shape index (κ1) is 20.9. The van der Waals surface area contributed by atoms with Crippen LogP contribution in [0.5, 0.6) is 0 Å². The van der Waals surface area contributed by atoms with Crippen molar-refractivity contribution in [1.82, 2.24) is 4.90 Å². The van der Waals surface area contributed by atoms with E-state index in [0.29, 0.717) is 6.54 Å². The van der Waals surface area contributed by atoms with E-state index in [9.17, 15) is 19.5 Å². The van der Waals surface area contributed by atoms with Gasteiger partial charge in [0.1, 0.15) is 6.04 Å². The lowest BCUT2D eigenvalue weighted by molar-refractivity contribution is -0.788. The number of nitrogens with zero attached hydrogens (tertiary/aromatic N) is 2. The molecule has 1 aliphatic rings. The molecule has 2 aromatic rings. The summed E-state index contributed by atoms with van der Waals surface area (Å²) in [6.45, 7) is 2.23. The fraction of sp³-hybridized carbons (Fsp3) is 0.348. The van der Waals surface area contributed by atoms with Gasteiger partial charge in [0.2, 0.25) is 0 Å². The lowest BCUT2D eigenvalue weighted by Gasteiger charge is -2.37. The molecule has 0 radical (unpaired) electrons. The molecule has 0 spiro atoms. The van der Waals surface area contributed by atoms with Gasteiger partial charge in [-0.05, 0) is 31.5 Å². The zero-order valence-corrected chi connectivity index (χ0v) is 16.7. The molecular formula is C23H27N2O4+. The van der Waals surface area contributed by atoms with Crippen molar-refractivity contribution < 1.29 is 24.0 Å². The summed E-state index contributed by atoms with van der Waals surface area (Å²) >= 11 is 0. The summed E-state index contributed by atoms with van der Waals surface area (Å²) in [7, 11) is 1.45. The normalized spacial score (nSPS) is 17.4. The van der Waals surface area contributed by atoms with E-state index in [2.05, 4.69) is 4.90 Å². The summed E-state index contributed by atoms with van der Waals surface area (Å²) < 4.78 is -0.787. The van der Waals surface area contributed by atoms with Crippen LogP contribution in [0.25, 0.3) is 0 Å². The number of amides is 2. The molecule has 2 atom stereocenters. The molecule has 152 valence electrons. The van der Waals surface area contributed by atoms with E-state index < -0.39 is 28.3 Å². The number of carbonyl (C=O) groups excluding carboxylic acids is 2. The van der Waals surface area contributed by atoms with E-state index in [1.165, 1.54) is 7.05 Å². The highest BCUT2D eigenvalue weighted by atomic mass is 16.4. The number of aliphatic carboxylic acids is 1. The number of benzene rings is 2. The number of carboxylic acids is 1. The van der Waals surface area contributed by atoms with Gasteiger partial charge in [0.25, 0.3) is 0 Å². The van der Waals surface area contributed by atoms with E-state index in [0.717, 1.165) is 37.1 Å². The van der Waals surface area contributed by atoms with Crippen LogP contribution >= 0.6 is 0 Å². The minimum Gasteiger partial charge on any atom is -0.471 e. The van der Waals surface area contributed by atoms with Crippen molar-refractivity contribution >= 4 is 17.8 Å². The Morgan fingerprint density at radius 1 is 0.966 bits per heavy atom. The average Bonchev–Trinajstić information content (AvgIpc) is 3.25. The van der Waals surface area contributed by atoms with Crippen molar-refractivity contribution in [3.63, 3.8) is 0 Å². The minimum absolute atomic E-state index is 0.000304. The summed E-state index contributed by atoms with van der Waals surface area (Å²) in [5.74, 6) is -3.10. The van der Waals surface area contributed by atoms with E-state index in [1.54, 1.807) is 0 Å². The topological polar surface area (TPSA) is 74.7 Å². The second kappa shape index (κ2) is 9.11. The van der Waals surface area contributed by atoms with Crippen molar-refractivity contribution in [3.05, 3.63) is 71.8 Å². The molecule has 0 saturated carbocycles. The van der Waals surface area contributed by atoms with Crippen molar-refractivity contribution in [2.75, 3.05) is 26.7 Å². The zero-order valence-electron chi connectivity index (χ0n) is 16.7. The van der Waals surface area contributed by atoms with E-state index >= 15 is 0 Å². The number of hydrogen-bond acceptors (Lipinski definition) is 4. The highest BCUT2D eigenvalue weighted by Gasteiger charge is 2.51. The Bertz CT molecular complexity index is 863. The van der Waals surface area contributed by atoms with Gasteiger partial charge in [-0.25, -0.2) is 14.4 Å². The van der Waals surface area contributed by atoms with Gasteiger partial charge < -0.3 is 5.11 Å². The number of likely N-dealkylation sites (N-methyl/N-ethyl adjacent to an activating group) is 1. The third kappa shape index (κ3) is 4.60. The van der Waals surface area contributed by atoms with E-state index in [-0.39, 0.29) is 6.42 Å². The van der Waals surface area contributed by atoms with Crippen LogP contribution in [-0.4, -0.2) is 59.0 Å². The second-order valence-corrected chi connectivity index (χ2v) is 7.68. The molecule has 6 nitrogen and oxygen atoms in total. The van der Waals surface area contributed by atoms with Crippen LogP contribution in [-0.2, 0) is 20.8 Å². The molecule has 0 aromatic heterocycles. The summed E-state index contributed by atoms with van der Waals surface area (Å²) in [5.41, 5.74) is 1.55. The Labute approximate surface area is 171 Å². The lowest BCUT2D eigenvalue weighted by Crippen LogP contribution is -2.61. The Balaban J connectivity index is 2.03. The molecule has 29 heavy (non-hydrogen) atoms. The molecule has 1 N–H and O–H groups in total. The fourth-order valence-corrected chi connectivity index (χ4v) is 4.01. The van der Waals surface area contributed by atoms with Crippen LogP contribution in [0, 0.1) is 0 Å². The number of hydrogen-bond donors (Lipinski definition) is 1. The monoisotopic (exact) mass is 395 g/mol. The second-order valence-electron chi connectivity index (χ2n) is 7.68. The van der Waals surface area contributed by atoms with Crippen LogP contribution in [0.1, 0.15) is 30.0 Å². The standard InChI is InChI=1S/C23H26N2O4/c1-25(22(27)23(28)29,21(26)16-18-10-4-2-5-11-18)20(17-24-14-8-9-15-24)19-12-6-3-7-13-19/h2-7,10-13,20H,8-9,14-17H2,1H3/p+1/t20-,25?/m1/s1. The number of imide groups is 1. The van der Waals surface area contributed by atoms with Gasteiger partial charge in [-0.1, -0.05) is 60.7 Å². The predicted octanol–water partition coefficient (Wildman–Crippen LogP) is 2.65. The lowest BCUT2D eigenvalue weighted by atomic mass is 9.99. The Hall–Kier alpha value is -2.83. The zero-order chi connectivity index (χ0) is 20.9. The first-order chi connectivity index (χ1) is 13.9. The quantitative estimate of drug-likeness (QED) is 0.601. The number of rotatable bonds is 6. The van der Waals surface area contributed by atoms with Crippen molar-refractivity contribution in [2.24, 2.45) is 0 Å². The maximum atomic E-state index is 13.4. The molecule has 0 bridgehead atoms. The third-order valence-electron chi connectivity index (χ3n) is 5.76. The Kier molecular flexibility index (Phi) is 6.56. The molecule has 1 fully saturated rings. The van der Waals surface area contributed by atoms with Gasteiger partial charge in [0.05, 0.1) is 20.0 Å². The summed E-state index contributed by atoms with van der Waals surface area (Å²) in [4.78, 5) is 40.3. The van der Waals surface area contributed by atoms with Crippen molar-refractivity contribution in [3.8, 4) is 0 Å². The van der Waals surface area contributed by atoms with Crippen LogP contribution in [0.15, 0.2) is 60.7 Å². The van der Waals surface area contributed by atoms with Gasteiger partial charge in [-0.15, -0.1) is 0 Å². The maximum Gasteiger partial charge on any atom is 0.435 e. The van der Waals surface area contributed by atoms with E-state index in [1.807, 2.05) is 60.7 Å². The first-order valence-electron chi connectivity index (χ1n) is 9.91. The summed E-state index contributed by atoms with van der Waals surface area (Å²) in [6, 6.07) is 17.8. The predicted molar refractivity (Wildman–Crippen MR) is 109 cm³/mol. The summed E-state index contributed by atoms with van der Waals surface area (Å²) in [5, 5.41) is 9.56. The molecule has 6 heteroatoms. The largest absolute Gasteiger partial charge is 0.471 e. The molecule has 1 unspecified atom stereocenters.